The van der Waals surface area contributed by atoms with Gasteiger partial charge in [0.05, 0.1) is 12.7 Å². The van der Waals surface area contributed by atoms with Crippen LogP contribution in [-0.2, 0) is 0 Å². The quantitative estimate of drug-likeness (QED) is 0.313. The Morgan fingerprint density at radius 2 is 0.885 bits per heavy atom. The Labute approximate surface area is 163 Å². The summed E-state index contributed by atoms with van der Waals surface area (Å²) in [7, 11) is 0. The van der Waals surface area contributed by atoms with Gasteiger partial charge >= 0.3 is 0 Å². The zero-order valence-electron chi connectivity index (χ0n) is 18.3. The van der Waals surface area contributed by atoms with Gasteiger partial charge in [0, 0.05) is 0 Å². The predicted octanol–water partition coefficient (Wildman–Crippen LogP) is 5.56. The van der Waals surface area contributed by atoms with Gasteiger partial charge in [0.15, 0.2) is 0 Å². The van der Waals surface area contributed by atoms with Crippen molar-refractivity contribution in [3.05, 3.63) is 0 Å². The molecule has 0 aliphatic heterocycles. The molecule has 158 valence electrons. The molecule has 0 amide bonds. The van der Waals surface area contributed by atoms with Gasteiger partial charge in [-0.2, -0.15) is 0 Å². The third-order valence-electron chi connectivity index (χ3n) is 5.85. The van der Waals surface area contributed by atoms with E-state index in [-0.39, 0.29) is 6.61 Å². The monoisotopic (exact) mass is 372 g/mol. The van der Waals surface area contributed by atoms with Crippen molar-refractivity contribution in [1.82, 2.24) is 0 Å². The number of rotatable bonds is 17. The lowest BCUT2D eigenvalue weighted by molar-refractivity contribution is -0.0200. The molecule has 3 nitrogen and oxygen atoms in total. The first-order chi connectivity index (χ1) is 12.3. The van der Waals surface area contributed by atoms with E-state index in [1.807, 2.05) is 0 Å². The summed E-state index contributed by atoms with van der Waals surface area (Å²) < 4.78 is 0. The summed E-state index contributed by atoms with van der Waals surface area (Å²) in [5.41, 5.74) is 0. The Morgan fingerprint density at radius 3 is 1.27 bits per heavy atom. The van der Waals surface area contributed by atoms with Crippen molar-refractivity contribution in [3.63, 3.8) is 0 Å². The summed E-state index contributed by atoms with van der Waals surface area (Å²) in [6.07, 6.45) is 11.7. The second kappa shape index (κ2) is 15.9. The number of aliphatic hydroxyl groups excluding tert-OH is 3. The molecule has 0 rings (SSSR count). The maximum Gasteiger partial charge on any atom is 0.103 e. The molecule has 0 aliphatic carbocycles. The largest absolute Gasteiger partial charge is 0.394 e. The highest BCUT2D eigenvalue weighted by Gasteiger charge is 2.16. The van der Waals surface area contributed by atoms with E-state index in [4.69, 9.17) is 5.11 Å². The summed E-state index contributed by atoms with van der Waals surface area (Å²) in [6.45, 7) is 11.3. The van der Waals surface area contributed by atoms with Gasteiger partial charge in [0.1, 0.15) is 6.10 Å². The Hall–Kier alpha value is -0.120. The molecule has 0 spiro atoms. The highest BCUT2D eigenvalue weighted by Crippen LogP contribution is 2.23. The molecule has 3 N–H and O–H groups in total. The van der Waals surface area contributed by atoms with Crippen LogP contribution in [-0.4, -0.2) is 34.1 Å². The minimum atomic E-state index is -0.991. The van der Waals surface area contributed by atoms with Gasteiger partial charge in [0.25, 0.3) is 0 Å². The smallest absolute Gasteiger partial charge is 0.103 e. The van der Waals surface area contributed by atoms with E-state index in [1.165, 1.54) is 57.8 Å². The van der Waals surface area contributed by atoms with Crippen LogP contribution >= 0.6 is 0 Å². The molecule has 5 atom stereocenters. The molecule has 0 fully saturated rings. The number of hydrogen-bond acceptors (Lipinski definition) is 3. The molecular weight excluding hydrogens is 324 g/mol. The van der Waals surface area contributed by atoms with Crippen LogP contribution in [0, 0.1) is 23.7 Å². The maximum absolute atomic E-state index is 9.69. The Kier molecular flexibility index (Phi) is 15.8. The van der Waals surface area contributed by atoms with Crippen molar-refractivity contribution in [2.45, 2.75) is 117 Å². The minimum Gasteiger partial charge on any atom is -0.394 e. The van der Waals surface area contributed by atoms with Crippen molar-refractivity contribution in [2.24, 2.45) is 23.7 Å². The average Bonchev–Trinajstić information content (AvgIpc) is 2.58. The number of hydrogen-bond donors (Lipinski definition) is 3. The number of aliphatic hydroxyl groups is 3. The fraction of sp³-hybridized carbons (Fsp3) is 1.00. The highest BCUT2D eigenvalue weighted by molar-refractivity contribution is 4.68. The molecule has 5 unspecified atom stereocenters. The van der Waals surface area contributed by atoms with Crippen molar-refractivity contribution in [2.75, 3.05) is 6.61 Å². The molecule has 0 saturated carbocycles. The first-order valence-electron chi connectivity index (χ1n) is 11.2. The molecule has 0 aromatic rings. The summed E-state index contributed by atoms with van der Waals surface area (Å²) in [6, 6.07) is 0. The molecule has 0 radical (unpaired) electrons. The van der Waals surface area contributed by atoms with Crippen molar-refractivity contribution in [3.8, 4) is 0 Å². The zero-order chi connectivity index (χ0) is 19.9. The van der Waals surface area contributed by atoms with E-state index in [9.17, 15) is 10.2 Å². The first kappa shape index (κ1) is 25.9. The standard InChI is InChI=1S/C23H48O3/c1-18(2)9-6-10-19(3)11-7-12-20(4)13-8-14-21(5)15-16-22(25)23(26)17-24/h18-26H,6-17H2,1-5H3. The van der Waals surface area contributed by atoms with E-state index in [0.717, 1.165) is 24.2 Å². The zero-order valence-corrected chi connectivity index (χ0v) is 18.3. The van der Waals surface area contributed by atoms with E-state index >= 15 is 0 Å². The van der Waals surface area contributed by atoms with Crippen molar-refractivity contribution in [1.29, 1.82) is 0 Å². The van der Waals surface area contributed by atoms with Crippen LogP contribution in [0.25, 0.3) is 0 Å². The molecular formula is C23H48O3. The van der Waals surface area contributed by atoms with Crippen LogP contribution in [0.5, 0.6) is 0 Å². The maximum atomic E-state index is 9.69. The van der Waals surface area contributed by atoms with Crippen molar-refractivity contribution >= 4 is 0 Å². The molecule has 0 saturated heterocycles. The summed E-state index contributed by atoms with van der Waals surface area (Å²) in [4.78, 5) is 0. The van der Waals surface area contributed by atoms with Gasteiger partial charge < -0.3 is 15.3 Å². The summed E-state index contributed by atoms with van der Waals surface area (Å²) in [5, 5.41) is 27.9. The van der Waals surface area contributed by atoms with Crippen LogP contribution in [0.4, 0.5) is 0 Å². The van der Waals surface area contributed by atoms with Crippen LogP contribution in [0.15, 0.2) is 0 Å². The molecule has 0 heterocycles. The molecule has 0 aliphatic rings. The average molecular weight is 373 g/mol. The Morgan fingerprint density at radius 1 is 0.500 bits per heavy atom. The molecule has 26 heavy (non-hydrogen) atoms. The second-order valence-electron chi connectivity index (χ2n) is 9.40. The minimum absolute atomic E-state index is 0.358. The van der Waals surface area contributed by atoms with Gasteiger partial charge in [-0.05, 0) is 36.5 Å². The van der Waals surface area contributed by atoms with Crippen LogP contribution in [0.2, 0.25) is 0 Å². The highest BCUT2D eigenvalue weighted by atomic mass is 16.4. The fourth-order valence-corrected chi connectivity index (χ4v) is 3.71. The van der Waals surface area contributed by atoms with Crippen LogP contribution < -0.4 is 0 Å². The predicted molar refractivity (Wildman–Crippen MR) is 112 cm³/mol. The van der Waals surface area contributed by atoms with Crippen molar-refractivity contribution < 1.29 is 15.3 Å². The van der Waals surface area contributed by atoms with E-state index in [2.05, 4.69) is 34.6 Å². The van der Waals surface area contributed by atoms with E-state index in [0.29, 0.717) is 12.3 Å². The third kappa shape index (κ3) is 15.0. The van der Waals surface area contributed by atoms with Gasteiger partial charge in [-0.1, -0.05) is 92.4 Å². The third-order valence-corrected chi connectivity index (χ3v) is 5.85. The van der Waals surface area contributed by atoms with Gasteiger partial charge in [0.2, 0.25) is 0 Å². The lowest BCUT2D eigenvalue weighted by atomic mass is 9.90. The first-order valence-corrected chi connectivity index (χ1v) is 11.2. The summed E-state index contributed by atoms with van der Waals surface area (Å²) >= 11 is 0. The molecule has 0 aromatic heterocycles. The molecule has 3 heteroatoms. The second-order valence-corrected chi connectivity index (χ2v) is 9.40. The van der Waals surface area contributed by atoms with Crippen LogP contribution in [0.3, 0.4) is 0 Å². The SMILES string of the molecule is CC(C)CCCC(C)CCCC(C)CCCC(C)CCC(O)C(O)CO. The van der Waals surface area contributed by atoms with E-state index in [1.54, 1.807) is 0 Å². The van der Waals surface area contributed by atoms with Gasteiger partial charge in [-0.25, -0.2) is 0 Å². The van der Waals surface area contributed by atoms with Gasteiger partial charge in [-0.3, -0.25) is 0 Å². The molecule has 0 bridgehead atoms. The lowest BCUT2D eigenvalue weighted by Crippen LogP contribution is -2.29. The lowest BCUT2D eigenvalue weighted by Gasteiger charge is -2.19. The molecule has 0 aromatic carbocycles. The topological polar surface area (TPSA) is 60.7 Å². The fourth-order valence-electron chi connectivity index (χ4n) is 3.71. The normalized spacial score (nSPS) is 17.9. The summed E-state index contributed by atoms with van der Waals surface area (Å²) in [5.74, 6) is 3.10. The van der Waals surface area contributed by atoms with E-state index < -0.39 is 12.2 Å². The Balaban J connectivity index is 3.62. The van der Waals surface area contributed by atoms with Crippen LogP contribution in [0.1, 0.15) is 105 Å². The Bertz CT molecular complexity index is 306. The van der Waals surface area contributed by atoms with Gasteiger partial charge in [-0.15, -0.1) is 0 Å².